The van der Waals surface area contributed by atoms with Gasteiger partial charge in [0, 0.05) is 22.6 Å². The average molecular weight is 467 g/mol. The molecule has 0 fully saturated rings. The number of rotatable bonds is 3. The fourth-order valence-electron chi connectivity index (χ4n) is 1.21. The van der Waals surface area contributed by atoms with E-state index in [9.17, 15) is 4.79 Å². The van der Waals surface area contributed by atoms with E-state index in [2.05, 4.69) is 15.2 Å². The fraction of sp³-hybridized carbons (Fsp3) is 0.0909. The van der Waals surface area contributed by atoms with Crippen molar-refractivity contribution in [3.05, 3.63) is 49.1 Å². The lowest BCUT2D eigenvalue weighted by atomic mass is 10.2. The fourth-order valence-corrected chi connectivity index (χ4v) is 2.01. The van der Waals surface area contributed by atoms with Crippen LogP contribution >= 0.6 is 45.2 Å². The Kier molecular flexibility index (Phi) is 4.80. The van der Waals surface area contributed by atoms with Crippen molar-refractivity contribution in [2.24, 2.45) is 0 Å². The van der Waals surface area contributed by atoms with Crippen LogP contribution < -0.4 is 0 Å². The molecule has 0 atom stereocenters. The molecule has 0 saturated heterocycles. The highest BCUT2D eigenvalue weighted by atomic mass is 127. The molecular formula is C11H7I2N3O2. The van der Waals surface area contributed by atoms with E-state index in [0.717, 1.165) is 5.56 Å². The largest absolute Gasteiger partial charge is 0.456 e. The smallest absolute Gasteiger partial charge is 0.360 e. The van der Waals surface area contributed by atoms with Crippen molar-refractivity contribution in [3.8, 4) is 0 Å². The Labute approximate surface area is 131 Å². The number of esters is 1. The van der Waals surface area contributed by atoms with Crippen LogP contribution in [0.3, 0.4) is 0 Å². The molecule has 0 radical (unpaired) electrons. The number of ether oxygens (including phenoxy) is 1. The Morgan fingerprint density at radius 1 is 1.17 bits per heavy atom. The monoisotopic (exact) mass is 467 g/mol. The van der Waals surface area contributed by atoms with E-state index in [-0.39, 0.29) is 12.3 Å². The van der Waals surface area contributed by atoms with Crippen LogP contribution in [0, 0.1) is 7.53 Å². The van der Waals surface area contributed by atoms with Gasteiger partial charge in [0.05, 0.1) is 0 Å². The van der Waals surface area contributed by atoms with Crippen molar-refractivity contribution in [3.63, 3.8) is 0 Å². The summed E-state index contributed by atoms with van der Waals surface area (Å²) >= 11 is 3.81. The number of carbonyl (C=O) groups is 1. The lowest BCUT2D eigenvalue weighted by Gasteiger charge is -2.05. The van der Waals surface area contributed by atoms with Crippen molar-refractivity contribution < 1.29 is 9.53 Å². The first-order chi connectivity index (χ1) is 8.66. The molecule has 0 saturated carbocycles. The summed E-state index contributed by atoms with van der Waals surface area (Å²) in [7, 11) is 0. The predicted molar refractivity (Wildman–Crippen MR) is 80.8 cm³/mol. The van der Waals surface area contributed by atoms with Crippen LogP contribution in [0.1, 0.15) is 16.1 Å². The van der Waals surface area contributed by atoms with Crippen LogP contribution in [0.15, 0.2) is 30.3 Å². The van der Waals surface area contributed by atoms with Crippen LogP contribution in [-0.2, 0) is 11.3 Å². The highest BCUT2D eigenvalue weighted by Gasteiger charge is 2.16. The van der Waals surface area contributed by atoms with Crippen LogP contribution in [0.2, 0.25) is 0 Å². The van der Waals surface area contributed by atoms with Gasteiger partial charge in [-0.25, -0.2) is 9.78 Å². The molecule has 2 rings (SSSR count). The molecule has 0 bridgehead atoms. The zero-order valence-electron chi connectivity index (χ0n) is 9.01. The third kappa shape index (κ3) is 3.57. The lowest BCUT2D eigenvalue weighted by Crippen LogP contribution is -2.13. The Morgan fingerprint density at radius 3 is 2.61 bits per heavy atom. The molecule has 1 heterocycles. The van der Waals surface area contributed by atoms with Gasteiger partial charge in [0.1, 0.15) is 6.61 Å². The minimum atomic E-state index is -0.490. The highest BCUT2D eigenvalue weighted by molar-refractivity contribution is 14.1. The van der Waals surface area contributed by atoms with Gasteiger partial charge >= 0.3 is 5.97 Å². The zero-order chi connectivity index (χ0) is 13.0. The summed E-state index contributed by atoms with van der Waals surface area (Å²) < 4.78 is 6.03. The summed E-state index contributed by atoms with van der Waals surface area (Å²) in [5.74, 6) is -0.490. The van der Waals surface area contributed by atoms with Gasteiger partial charge in [0.2, 0.25) is 3.83 Å². The minimum absolute atomic E-state index is 0.200. The van der Waals surface area contributed by atoms with E-state index in [1.54, 1.807) is 0 Å². The number of hydrogen-bond donors (Lipinski definition) is 0. The molecule has 7 heteroatoms. The lowest BCUT2D eigenvalue weighted by molar-refractivity contribution is 0.0462. The summed E-state index contributed by atoms with van der Waals surface area (Å²) in [6, 6.07) is 9.47. The molecule has 0 aliphatic carbocycles. The van der Waals surface area contributed by atoms with Crippen molar-refractivity contribution in [1.29, 1.82) is 0 Å². The van der Waals surface area contributed by atoms with Gasteiger partial charge in [0.15, 0.2) is 9.39 Å². The van der Waals surface area contributed by atoms with Gasteiger partial charge in [0.25, 0.3) is 0 Å². The first-order valence-electron chi connectivity index (χ1n) is 4.93. The Hall–Kier alpha value is -0.840. The van der Waals surface area contributed by atoms with E-state index in [1.165, 1.54) is 0 Å². The number of benzene rings is 1. The molecule has 0 unspecified atom stereocenters. The standard InChI is InChI=1S/C11H7I2N3O2/c12-9-8(14-11(13)16-15-9)10(17)18-6-7-4-2-1-3-5-7/h1-5H,6H2. The quantitative estimate of drug-likeness (QED) is 0.513. The van der Waals surface area contributed by atoms with Gasteiger partial charge in [-0.05, 0) is 28.2 Å². The number of nitrogens with zero attached hydrogens (tertiary/aromatic N) is 3. The van der Waals surface area contributed by atoms with Crippen molar-refractivity contribution in [1.82, 2.24) is 15.2 Å². The maximum atomic E-state index is 11.8. The van der Waals surface area contributed by atoms with Gasteiger partial charge < -0.3 is 4.74 Å². The molecule has 1 aromatic heterocycles. The van der Waals surface area contributed by atoms with Crippen molar-refractivity contribution >= 4 is 51.2 Å². The number of carbonyl (C=O) groups excluding carboxylic acids is 1. The molecule has 0 N–H and O–H groups in total. The van der Waals surface area contributed by atoms with Crippen molar-refractivity contribution in [2.75, 3.05) is 0 Å². The van der Waals surface area contributed by atoms with Crippen LogP contribution in [0.5, 0.6) is 0 Å². The first-order valence-corrected chi connectivity index (χ1v) is 7.09. The topological polar surface area (TPSA) is 65.0 Å². The summed E-state index contributed by atoms with van der Waals surface area (Å²) in [4.78, 5) is 15.8. The van der Waals surface area contributed by atoms with E-state index >= 15 is 0 Å². The second kappa shape index (κ2) is 6.36. The van der Waals surface area contributed by atoms with E-state index in [4.69, 9.17) is 4.74 Å². The SMILES string of the molecule is O=C(OCc1ccccc1)c1nc(I)nnc1I. The first kappa shape index (κ1) is 13.6. The second-order valence-corrected chi connectivity index (χ2v) is 5.27. The number of aromatic nitrogens is 3. The van der Waals surface area contributed by atoms with Gasteiger partial charge in [-0.3, -0.25) is 0 Å². The zero-order valence-corrected chi connectivity index (χ0v) is 13.3. The Morgan fingerprint density at radius 2 is 1.89 bits per heavy atom. The van der Waals surface area contributed by atoms with Gasteiger partial charge in [-0.15, -0.1) is 10.2 Å². The number of hydrogen-bond acceptors (Lipinski definition) is 5. The highest BCUT2D eigenvalue weighted by Crippen LogP contribution is 2.10. The third-order valence-corrected chi connectivity index (χ3v) is 3.21. The Bertz CT molecular complexity index is 563. The molecule has 1 aromatic carbocycles. The van der Waals surface area contributed by atoms with Crippen LogP contribution in [0.4, 0.5) is 0 Å². The van der Waals surface area contributed by atoms with E-state index in [0.29, 0.717) is 7.53 Å². The van der Waals surface area contributed by atoms with Crippen LogP contribution in [0.25, 0.3) is 0 Å². The molecule has 92 valence electrons. The van der Waals surface area contributed by atoms with Gasteiger partial charge in [-0.2, -0.15) is 0 Å². The van der Waals surface area contributed by atoms with Gasteiger partial charge in [-0.1, -0.05) is 30.3 Å². The molecule has 0 aliphatic heterocycles. The number of halogens is 2. The third-order valence-electron chi connectivity index (χ3n) is 2.03. The Balaban J connectivity index is 2.06. The van der Waals surface area contributed by atoms with Crippen molar-refractivity contribution in [2.45, 2.75) is 6.61 Å². The minimum Gasteiger partial charge on any atom is -0.456 e. The summed E-state index contributed by atoms with van der Waals surface area (Å²) in [5.41, 5.74) is 1.13. The molecule has 18 heavy (non-hydrogen) atoms. The van der Waals surface area contributed by atoms with E-state index < -0.39 is 5.97 Å². The molecule has 0 spiro atoms. The average Bonchev–Trinajstić information content (AvgIpc) is 2.40. The molecule has 0 aliphatic rings. The molecule has 5 nitrogen and oxygen atoms in total. The predicted octanol–water partition coefficient (Wildman–Crippen LogP) is 2.44. The maximum Gasteiger partial charge on any atom is 0.360 e. The normalized spacial score (nSPS) is 10.1. The summed E-state index contributed by atoms with van der Waals surface area (Å²) in [6.45, 7) is 0.219. The molecule has 2 aromatic rings. The molecular weight excluding hydrogens is 460 g/mol. The maximum absolute atomic E-state index is 11.8. The second-order valence-electron chi connectivity index (χ2n) is 3.28. The van der Waals surface area contributed by atoms with Crippen LogP contribution in [-0.4, -0.2) is 21.2 Å². The van der Waals surface area contributed by atoms with E-state index in [1.807, 2.05) is 75.5 Å². The summed E-state index contributed by atoms with van der Waals surface area (Å²) in [5, 5.41) is 7.57. The summed E-state index contributed by atoms with van der Waals surface area (Å²) in [6.07, 6.45) is 0. The molecule has 0 amide bonds.